The number of benzene rings is 2. The van der Waals surface area contributed by atoms with Crippen molar-refractivity contribution in [2.45, 2.75) is 128 Å². The quantitative estimate of drug-likeness (QED) is 0.0476. The summed E-state index contributed by atoms with van der Waals surface area (Å²) in [6.45, 7) is 11.8. The van der Waals surface area contributed by atoms with Gasteiger partial charge < -0.3 is 60.1 Å². The molecule has 3 aromatic rings. The Morgan fingerprint density at radius 3 is 2.17 bits per heavy atom. The minimum absolute atomic E-state index is 0.0637. The molecule has 1 aliphatic heterocycles. The molecule has 8 N–H and O–H groups in total. The summed E-state index contributed by atoms with van der Waals surface area (Å²) in [7, 11) is 3.42. The topological polar surface area (TPSA) is 324 Å². The lowest BCUT2D eigenvalue weighted by atomic mass is 9.44. The molecule has 0 unspecified atom stereocenters. The molecule has 3 aliphatic carbocycles. The molecule has 4 aliphatic rings. The number of Topliss-reactive ketones (excluding diaryl/α,β-unsaturated/α-hetero) is 1. The molecule has 2 heterocycles. The number of nitrogens with two attached hydrogens (primary N) is 1. The molecule has 2 bridgehead atoms. The molecule has 1 saturated heterocycles. The predicted octanol–water partition coefficient (Wildman–Crippen LogP) is 3.33. The van der Waals surface area contributed by atoms with E-state index in [0.29, 0.717) is 5.56 Å². The number of esters is 3. The van der Waals surface area contributed by atoms with Gasteiger partial charge in [-0.05, 0) is 63.5 Å². The Hall–Kier alpha value is -6.59. The first-order valence-corrected chi connectivity index (χ1v) is 22.9. The third-order valence-corrected chi connectivity index (χ3v) is 13.8. The monoisotopic (exact) mass is 989 g/mol. The summed E-state index contributed by atoms with van der Waals surface area (Å²) in [6, 6.07) is 14.6. The van der Waals surface area contributed by atoms with Crippen molar-refractivity contribution in [2.24, 2.45) is 32.8 Å². The Kier molecular flexibility index (Phi) is 15.3. The van der Waals surface area contributed by atoms with Crippen molar-refractivity contribution in [3.05, 3.63) is 95.0 Å². The van der Waals surface area contributed by atoms with Crippen molar-refractivity contribution in [1.29, 1.82) is 0 Å². The molecule has 384 valence electrons. The van der Waals surface area contributed by atoms with Crippen molar-refractivity contribution in [2.75, 3.05) is 20.7 Å². The number of primary amides is 1. The van der Waals surface area contributed by atoms with E-state index in [-0.39, 0.29) is 41.2 Å². The van der Waals surface area contributed by atoms with E-state index >= 15 is 0 Å². The number of aliphatic hydroxyl groups excluding tert-OH is 3. The number of fused-ring (bicyclic) bond motifs is 5. The van der Waals surface area contributed by atoms with E-state index in [1.807, 2.05) is 0 Å². The summed E-state index contributed by atoms with van der Waals surface area (Å²) in [6.07, 6.45) is -10.1. The van der Waals surface area contributed by atoms with Crippen LogP contribution in [0.25, 0.3) is 0 Å². The van der Waals surface area contributed by atoms with Gasteiger partial charge in [0.15, 0.2) is 23.2 Å². The molecule has 2 saturated carbocycles. The van der Waals surface area contributed by atoms with Crippen LogP contribution in [-0.4, -0.2) is 145 Å². The lowest BCUT2D eigenvalue weighted by molar-refractivity contribution is -0.346. The van der Waals surface area contributed by atoms with Gasteiger partial charge in [-0.25, -0.2) is 19.4 Å². The van der Waals surface area contributed by atoms with Crippen molar-refractivity contribution < 1.29 is 72.9 Å². The Morgan fingerprint density at radius 1 is 1.00 bits per heavy atom. The molecule has 22 heteroatoms. The van der Waals surface area contributed by atoms with Gasteiger partial charge in [-0.15, -0.1) is 5.11 Å². The summed E-state index contributed by atoms with van der Waals surface area (Å²) < 4.78 is 29.5. The number of alkyl carbamates (subject to hydrolysis) is 1. The minimum atomic E-state index is -2.35. The molecule has 1 aromatic heterocycles. The first-order valence-electron chi connectivity index (χ1n) is 22.9. The van der Waals surface area contributed by atoms with Crippen LogP contribution in [0.1, 0.15) is 101 Å². The third kappa shape index (κ3) is 10.3. The van der Waals surface area contributed by atoms with Crippen molar-refractivity contribution in [3.8, 4) is 0 Å². The second kappa shape index (κ2) is 20.3. The van der Waals surface area contributed by atoms with Crippen LogP contribution in [0.15, 0.2) is 88.5 Å². The van der Waals surface area contributed by atoms with Crippen molar-refractivity contribution in [3.63, 3.8) is 0 Å². The number of aliphatic hydroxyl groups is 4. The number of imidazole rings is 1. The van der Waals surface area contributed by atoms with Gasteiger partial charge in [0.25, 0.3) is 5.91 Å². The number of nitrogens with zero attached hydrogens (tertiary/aromatic N) is 4. The number of rotatable bonds is 11. The molecule has 0 radical (unpaired) electrons. The van der Waals surface area contributed by atoms with E-state index in [4.69, 9.17) is 29.4 Å². The Balaban J connectivity index is 0.000000550. The number of ether oxygens (including phenoxy) is 5. The number of H-pyrrole nitrogens is 1. The minimum Gasteiger partial charge on any atom is -0.456 e. The van der Waals surface area contributed by atoms with Gasteiger partial charge in [0.2, 0.25) is 5.82 Å². The van der Waals surface area contributed by atoms with E-state index in [9.17, 15) is 49.2 Å². The van der Waals surface area contributed by atoms with E-state index in [0.717, 1.165) is 6.92 Å². The standard InChI is InChI=1S/C43H53NO14.C6H10N6O/c1-22-26(55-37(51)32(48)30(24-15-11-9-12-16-24)44-38(52)58-39(3,4)5)20-43(53)35(56-36(50)25-17-13-10-14-18-25)33-41(8,34(49)31(47)29(22)40(43,6)7)27(46)19-28-42(33,21-54-28)57-23(2)45;1-12(2)11-10-6-4(5(7)13)8-3-9-6/h9-18,26-28,30-33,35,46-48,53H,19-21H2,1-8H3,(H,44,52);3H,1-2H3,(H2,7,13)(H,8,9)/t26-,27-,28+,30-,31+,32+,33-,35-,41+,42-,43+;/m0./s1. The number of carbonyl (C=O) groups excluding carboxylic acids is 6. The zero-order valence-electron chi connectivity index (χ0n) is 41.2. The van der Waals surface area contributed by atoms with Crippen LogP contribution >= 0.6 is 0 Å². The zero-order chi connectivity index (χ0) is 52.6. The fourth-order valence-electron chi connectivity index (χ4n) is 10.2. The predicted molar refractivity (Wildman–Crippen MR) is 249 cm³/mol. The molecule has 7 rings (SSSR count). The normalized spacial score (nSPS) is 29.5. The largest absolute Gasteiger partial charge is 0.456 e. The molecular weight excluding hydrogens is 927 g/mol. The number of ketones is 1. The molecule has 22 nitrogen and oxygen atoms in total. The molecule has 3 fully saturated rings. The summed E-state index contributed by atoms with van der Waals surface area (Å²) in [4.78, 5) is 86.0. The van der Waals surface area contributed by atoms with Gasteiger partial charge in [0.05, 0.1) is 42.0 Å². The number of aromatic amines is 1. The molecular formula is C49H63N7O15. The highest BCUT2D eigenvalue weighted by molar-refractivity contribution is 5.95. The van der Waals surface area contributed by atoms with E-state index in [2.05, 4.69) is 25.6 Å². The summed E-state index contributed by atoms with van der Waals surface area (Å²) in [5.74, 6) is -5.77. The van der Waals surface area contributed by atoms with Gasteiger partial charge in [-0.2, -0.15) is 0 Å². The first kappa shape index (κ1) is 53.8. The number of aromatic nitrogens is 2. The van der Waals surface area contributed by atoms with Gasteiger partial charge in [0.1, 0.15) is 35.6 Å². The van der Waals surface area contributed by atoms with Crippen LogP contribution < -0.4 is 11.1 Å². The Bertz CT molecular complexity index is 2560. The van der Waals surface area contributed by atoms with Crippen molar-refractivity contribution >= 4 is 41.5 Å². The van der Waals surface area contributed by atoms with Crippen LogP contribution in [0.5, 0.6) is 0 Å². The SMILES string of the molecule is CC(=O)O[C@@]12CO[C@@H]1C[C@H](O)[C@@]1(C)C(=O)[C@H](O)C3=C(C)[C@@H](OC(=O)[C@H](O)[C@@H](NC(=O)OC(C)(C)C)c4ccccc4)C[C@@](O)([C@@H](OC(=O)c4ccccc4)[C@H]21)C3(C)C.CN(C)N=Nc1nc[nH]c1C(N)=O. The van der Waals surface area contributed by atoms with Gasteiger partial charge in [-0.3, -0.25) is 19.4 Å². The molecule has 0 spiro atoms. The Labute approximate surface area is 409 Å². The third-order valence-electron chi connectivity index (χ3n) is 13.8. The Morgan fingerprint density at radius 2 is 1.62 bits per heavy atom. The maximum Gasteiger partial charge on any atom is 0.408 e. The van der Waals surface area contributed by atoms with Crippen LogP contribution in [0.2, 0.25) is 0 Å². The van der Waals surface area contributed by atoms with E-state index < -0.39 is 118 Å². The molecule has 71 heavy (non-hydrogen) atoms. The summed E-state index contributed by atoms with van der Waals surface area (Å²) >= 11 is 0. The second-order valence-corrected chi connectivity index (χ2v) is 20.1. The lowest BCUT2D eigenvalue weighted by Crippen LogP contribution is -2.81. The fraction of sp³-hybridized carbons (Fsp3) is 0.531. The fourth-order valence-corrected chi connectivity index (χ4v) is 10.2. The maximum atomic E-state index is 14.9. The van der Waals surface area contributed by atoms with Gasteiger partial charge >= 0.3 is 24.0 Å². The van der Waals surface area contributed by atoms with E-state index in [1.165, 1.54) is 37.3 Å². The van der Waals surface area contributed by atoms with Gasteiger partial charge in [0, 0.05) is 39.3 Å². The maximum absolute atomic E-state index is 14.9. The molecule has 11 atom stereocenters. The molecule has 2 aromatic carbocycles. The smallest absolute Gasteiger partial charge is 0.408 e. The lowest BCUT2D eigenvalue weighted by Gasteiger charge is -2.67. The zero-order valence-corrected chi connectivity index (χ0v) is 41.2. The number of carbonyl (C=O) groups is 6. The highest BCUT2D eigenvalue weighted by Crippen LogP contribution is 2.64. The highest BCUT2D eigenvalue weighted by atomic mass is 16.6. The number of hydrogen-bond acceptors (Lipinski definition) is 18. The number of hydrogen-bond donors (Lipinski definition) is 7. The van der Waals surface area contributed by atoms with Crippen LogP contribution in [-0.2, 0) is 38.1 Å². The van der Waals surface area contributed by atoms with Gasteiger partial charge in [-0.1, -0.05) is 67.6 Å². The summed E-state index contributed by atoms with van der Waals surface area (Å²) in [5.41, 5.74) is -2.94. The molecule has 2 amide bonds. The van der Waals surface area contributed by atoms with Crippen LogP contribution in [0, 0.1) is 16.7 Å². The number of nitrogens with one attached hydrogen (secondary N) is 2. The number of amides is 2. The average Bonchev–Trinajstić information content (AvgIpc) is 3.78. The van der Waals surface area contributed by atoms with E-state index in [1.54, 1.807) is 97.2 Å². The highest BCUT2D eigenvalue weighted by Gasteiger charge is 2.78. The average molecular weight is 990 g/mol. The van der Waals surface area contributed by atoms with Crippen LogP contribution in [0.3, 0.4) is 0 Å². The summed E-state index contributed by atoms with van der Waals surface area (Å²) in [5, 5.41) is 60.4. The first-order chi connectivity index (χ1) is 33.1. The van der Waals surface area contributed by atoms with Crippen molar-refractivity contribution in [1.82, 2.24) is 20.3 Å². The second-order valence-electron chi connectivity index (χ2n) is 20.1. The van der Waals surface area contributed by atoms with Crippen LogP contribution in [0.4, 0.5) is 10.6 Å².